The van der Waals surface area contributed by atoms with Gasteiger partial charge in [-0.2, -0.15) is 0 Å². The summed E-state index contributed by atoms with van der Waals surface area (Å²) in [5.74, 6) is 1.76. The lowest BCUT2D eigenvalue weighted by Gasteiger charge is -2.32. The van der Waals surface area contributed by atoms with E-state index >= 15 is 0 Å². The van der Waals surface area contributed by atoms with Crippen molar-refractivity contribution < 1.29 is 19.1 Å². The van der Waals surface area contributed by atoms with Crippen LogP contribution in [-0.2, 0) is 11.3 Å². The van der Waals surface area contributed by atoms with E-state index in [-0.39, 0.29) is 17.8 Å². The minimum Gasteiger partial charge on any atom is -0.493 e. The van der Waals surface area contributed by atoms with Crippen LogP contribution in [0.15, 0.2) is 16.9 Å². The minimum absolute atomic E-state index is 0.162. The molecule has 2 N–H and O–H groups in total. The third-order valence-corrected chi connectivity index (χ3v) is 4.29. The molecule has 1 fully saturated rings. The van der Waals surface area contributed by atoms with Crippen LogP contribution < -0.4 is 19.9 Å². The molecule has 1 aromatic carbocycles. The molecule has 7 nitrogen and oxygen atoms in total. The highest BCUT2D eigenvalue weighted by Gasteiger charge is 2.26. The Balaban J connectivity index is 1.93. The first-order valence-corrected chi connectivity index (χ1v) is 8.14. The molecule has 0 saturated carbocycles. The van der Waals surface area contributed by atoms with Gasteiger partial charge < -0.3 is 24.1 Å². The van der Waals surface area contributed by atoms with E-state index in [2.05, 4.69) is 23.8 Å². The number of benzene rings is 1. The second-order valence-corrected chi connectivity index (χ2v) is 6.33. The number of hydrogen-bond donors (Lipinski definition) is 2. The first kappa shape index (κ1) is 16.7. The molecule has 0 bridgehead atoms. The summed E-state index contributed by atoms with van der Waals surface area (Å²) in [6.07, 6.45) is 0.417. The molecule has 1 aliphatic rings. The van der Waals surface area contributed by atoms with E-state index in [1.165, 1.54) is 4.90 Å². The summed E-state index contributed by atoms with van der Waals surface area (Å²) in [5.41, 5.74) is 0.449. The third-order valence-electron chi connectivity index (χ3n) is 4.29. The van der Waals surface area contributed by atoms with Crippen molar-refractivity contribution in [1.82, 2.24) is 9.97 Å². The van der Waals surface area contributed by atoms with Gasteiger partial charge in [-0.25, -0.2) is 4.98 Å². The highest BCUT2D eigenvalue weighted by molar-refractivity contribution is 5.81. The molecule has 1 aliphatic heterocycles. The normalized spacial score (nSPS) is 24.1. The molecule has 2 atom stereocenters. The largest absolute Gasteiger partial charge is 0.493 e. The second-order valence-electron chi connectivity index (χ2n) is 6.33. The lowest BCUT2D eigenvalue weighted by molar-refractivity contribution is -0.928. The molecule has 0 amide bonds. The van der Waals surface area contributed by atoms with Crippen LogP contribution in [0.1, 0.15) is 19.7 Å². The molecule has 0 spiro atoms. The molecule has 1 saturated heterocycles. The lowest BCUT2D eigenvalue weighted by atomic mass is 10.2. The van der Waals surface area contributed by atoms with Crippen LogP contribution in [0.4, 0.5) is 0 Å². The Bertz CT molecular complexity index is 779. The molecule has 2 aromatic rings. The maximum atomic E-state index is 12.4. The van der Waals surface area contributed by atoms with Crippen LogP contribution in [0.25, 0.3) is 10.9 Å². The summed E-state index contributed by atoms with van der Waals surface area (Å²) in [6.45, 7) is 6.61. The fraction of sp³-hybridized carbons (Fsp3) is 0.529. The number of H-pyrrole nitrogens is 1. The Morgan fingerprint density at radius 1 is 1.21 bits per heavy atom. The summed E-state index contributed by atoms with van der Waals surface area (Å²) in [6, 6.07) is 3.41. The topological polar surface area (TPSA) is 77.9 Å². The molecule has 24 heavy (non-hydrogen) atoms. The first-order valence-electron chi connectivity index (χ1n) is 8.14. The maximum Gasteiger partial charge on any atom is 0.259 e. The fourth-order valence-corrected chi connectivity index (χ4v) is 3.37. The van der Waals surface area contributed by atoms with E-state index in [0.29, 0.717) is 34.8 Å². The monoisotopic (exact) mass is 334 g/mol. The predicted molar refractivity (Wildman–Crippen MR) is 89.9 cm³/mol. The van der Waals surface area contributed by atoms with Gasteiger partial charge in [0.2, 0.25) is 0 Å². The summed E-state index contributed by atoms with van der Waals surface area (Å²) >= 11 is 0. The highest BCUT2D eigenvalue weighted by atomic mass is 16.5. The summed E-state index contributed by atoms with van der Waals surface area (Å²) in [7, 11) is 3.11. The predicted octanol–water partition coefficient (Wildman–Crippen LogP) is 0.132. The van der Waals surface area contributed by atoms with Crippen LogP contribution in [0, 0.1) is 0 Å². The van der Waals surface area contributed by atoms with Gasteiger partial charge >= 0.3 is 0 Å². The Hall–Kier alpha value is -2.12. The molecule has 0 radical (unpaired) electrons. The van der Waals surface area contributed by atoms with Crippen molar-refractivity contribution in [3.8, 4) is 11.5 Å². The van der Waals surface area contributed by atoms with Crippen LogP contribution in [0.5, 0.6) is 11.5 Å². The molecule has 0 aliphatic carbocycles. The number of hydrogen-bond acceptors (Lipinski definition) is 5. The number of morpholine rings is 1. The Morgan fingerprint density at radius 3 is 2.46 bits per heavy atom. The molecule has 1 aromatic heterocycles. The number of fused-ring (bicyclic) bond motifs is 1. The van der Waals surface area contributed by atoms with Gasteiger partial charge in [0, 0.05) is 6.07 Å². The number of aromatic nitrogens is 2. The number of methoxy groups -OCH3 is 2. The van der Waals surface area contributed by atoms with Crippen molar-refractivity contribution in [3.05, 3.63) is 28.3 Å². The van der Waals surface area contributed by atoms with Crippen molar-refractivity contribution in [2.75, 3.05) is 27.3 Å². The molecule has 0 unspecified atom stereocenters. The lowest BCUT2D eigenvalue weighted by Crippen LogP contribution is -3.14. The molecule has 2 heterocycles. The second kappa shape index (κ2) is 6.78. The number of ether oxygens (including phenoxy) is 3. The van der Waals surface area contributed by atoms with Gasteiger partial charge in [-0.3, -0.25) is 4.79 Å². The van der Waals surface area contributed by atoms with E-state index in [9.17, 15) is 4.79 Å². The van der Waals surface area contributed by atoms with E-state index in [0.717, 1.165) is 13.1 Å². The van der Waals surface area contributed by atoms with Gasteiger partial charge in [0.1, 0.15) is 31.8 Å². The van der Waals surface area contributed by atoms with Gasteiger partial charge in [-0.05, 0) is 19.9 Å². The number of aromatic amines is 1. The fourth-order valence-electron chi connectivity index (χ4n) is 3.37. The zero-order valence-electron chi connectivity index (χ0n) is 14.5. The minimum atomic E-state index is -0.162. The molecular formula is C17H24N3O4+. The van der Waals surface area contributed by atoms with Crippen molar-refractivity contribution in [3.63, 3.8) is 0 Å². The number of quaternary nitrogens is 1. The Labute approximate surface area is 140 Å². The van der Waals surface area contributed by atoms with E-state index in [1.807, 2.05) is 0 Å². The van der Waals surface area contributed by atoms with Gasteiger partial charge in [-0.15, -0.1) is 0 Å². The van der Waals surface area contributed by atoms with Crippen LogP contribution in [-0.4, -0.2) is 49.5 Å². The Morgan fingerprint density at radius 2 is 1.83 bits per heavy atom. The van der Waals surface area contributed by atoms with Crippen molar-refractivity contribution in [2.24, 2.45) is 0 Å². The van der Waals surface area contributed by atoms with E-state index < -0.39 is 0 Å². The van der Waals surface area contributed by atoms with Gasteiger partial charge in [0.15, 0.2) is 17.3 Å². The molecule has 7 heteroatoms. The van der Waals surface area contributed by atoms with Crippen molar-refractivity contribution in [1.29, 1.82) is 0 Å². The van der Waals surface area contributed by atoms with Crippen LogP contribution >= 0.6 is 0 Å². The summed E-state index contributed by atoms with van der Waals surface area (Å²) in [5, 5.41) is 0.495. The van der Waals surface area contributed by atoms with Gasteiger partial charge in [0.25, 0.3) is 5.56 Å². The zero-order valence-corrected chi connectivity index (χ0v) is 14.5. The quantitative estimate of drug-likeness (QED) is 0.831. The van der Waals surface area contributed by atoms with Gasteiger partial charge in [-0.1, -0.05) is 0 Å². The number of rotatable bonds is 4. The highest BCUT2D eigenvalue weighted by Crippen LogP contribution is 2.29. The van der Waals surface area contributed by atoms with E-state index in [4.69, 9.17) is 14.2 Å². The van der Waals surface area contributed by atoms with E-state index in [1.54, 1.807) is 26.4 Å². The summed E-state index contributed by atoms with van der Waals surface area (Å²) in [4.78, 5) is 21.3. The molecule has 3 rings (SSSR count). The summed E-state index contributed by atoms with van der Waals surface area (Å²) < 4.78 is 16.3. The Kier molecular flexibility index (Phi) is 4.73. The number of nitrogens with one attached hydrogen (secondary N) is 2. The average molecular weight is 334 g/mol. The smallest absolute Gasteiger partial charge is 0.259 e. The third kappa shape index (κ3) is 3.37. The zero-order chi connectivity index (χ0) is 17.3. The van der Waals surface area contributed by atoms with Crippen LogP contribution in [0.2, 0.25) is 0 Å². The average Bonchev–Trinajstić information content (AvgIpc) is 2.52. The SMILES string of the molecule is COc1cc2nc(C[NH+]3C[C@H](C)O[C@@H](C)C3)[nH]c(=O)c2cc1OC. The molecule has 130 valence electrons. The molecular weight excluding hydrogens is 310 g/mol. The standard InChI is InChI=1S/C17H23N3O4/c1-10-7-20(8-11(2)24-10)9-16-18-13-6-15(23-4)14(22-3)5-12(13)17(21)19-16/h5-6,10-11H,7-9H2,1-4H3,(H,18,19,21)/p+1/t10-,11-/m0/s1. The number of nitrogens with zero attached hydrogens (tertiary/aromatic N) is 1. The first-order chi connectivity index (χ1) is 11.5. The van der Waals surface area contributed by atoms with Crippen LogP contribution in [0.3, 0.4) is 0 Å². The van der Waals surface area contributed by atoms with Gasteiger partial charge in [0.05, 0.1) is 25.1 Å². The van der Waals surface area contributed by atoms with Crippen molar-refractivity contribution >= 4 is 10.9 Å². The maximum absolute atomic E-state index is 12.4. The van der Waals surface area contributed by atoms with Crippen molar-refractivity contribution in [2.45, 2.75) is 32.6 Å².